The van der Waals surface area contributed by atoms with Crippen molar-refractivity contribution in [2.24, 2.45) is 0 Å². The number of ether oxygens (including phenoxy) is 2. The van der Waals surface area contributed by atoms with Crippen LogP contribution < -0.4 is 5.32 Å². The fourth-order valence-electron chi connectivity index (χ4n) is 1.36. The summed E-state index contributed by atoms with van der Waals surface area (Å²) in [4.78, 5) is 35.5. The molecule has 0 radical (unpaired) electrons. The summed E-state index contributed by atoms with van der Waals surface area (Å²) in [6.45, 7) is -0.686. The zero-order chi connectivity index (χ0) is 15.0. The van der Waals surface area contributed by atoms with Crippen LogP contribution in [0.15, 0.2) is 30.3 Å². The maximum Gasteiger partial charge on any atom is 0.325 e. The number of hydrogen-bond donors (Lipinski definition) is 1. The van der Waals surface area contributed by atoms with Crippen molar-refractivity contribution >= 4 is 23.7 Å². The van der Waals surface area contributed by atoms with Gasteiger partial charge < -0.3 is 19.7 Å². The van der Waals surface area contributed by atoms with E-state index in [9.17, 15) is 14.4 Å². The van der Waals surface area contributed by atoms with Crippen LogP contribution in [0.1, 0.15) is 0 Å². The predicted molar refractivity (Wildman–Crippen MR) is 71.1 cm³/mol. The summed E-state index contributed by atoms with van der Waals surface area (Å²) in [6.07, 6.45) is 0. The second-order valence-corrected chi connectivity index (χ2v) is 3.80. The molecule has 2 amide bonds. The highest BCUT2D eigenvalue weighted by Crippen LogP contribution is 2.06. The molecule has 0 aliphatic rings. The number of rotatable bonds is 5. The number of amides is 2. The van der Waals surface area contributed by atoms with Gasteiger partial charge in [0.05, 0.1) is 14.2 Å². The molecule has 1 N–H and O–H groups in total. The van der Waals surface area contributed by atoms with E-state index in [1.807, 2.05) is 0 Å². The Hall–Kier alpha value is -2.57. The zero-order valence-electron chi connectivity index (χ0n) is 11.3. The lowest BCUT2D eigenvalue weighted by Gasteiger charge is -2.20. The molecule has 7 heteroatoms. The minimum Gasteiger partial charge on any atom is -0.468 e. The second-order valence-electron chi connectivity index (χ2n) is 3.80. The number of anilines is 1. The number of nitrogens with one attached hydrogen (secondary N) is 1. The molecule has 1 rings (SSSR count). The van der Waals surface area contributed by atoms with Crippen LogP contribution in [0.3, 0.4) is 0 Å². The lowest BCUT2D eigenvalue weighted by molar-refractivity contribution is -0.144. The molecule has 0 atom stereocenters. The molecule has 0 aliphatic carbocycles. The Morgan fingerprint density at radius 3 is 1.95 bits per heavy atom. The predicted octanol–water partition coefficient (Wildman–Crippen LogP) is 0.866. The highest BCUT2D eigenvalue weighted by Gasteiger charge is 2.21. The molecule has 0 aromatic heterocycles. The van der Waals surface area contributed by atoms with Gasteiger partial charge in [0.2, 0.25) is 0 Å². The van der Waals surface area contributed by atoms with Gasteiger partial charge in [0.25, 0.3) is 0 Å². The number of hydrogen-bond acceptors (Lipinski definition) is 5. The van der Waals surface area contributed by atoms with Gasteiger partial charge in [0, 0.05) is 5.69 Å². The van der Waals surface area contributed by atoms with Gasteiger partial charge in [-0.05, 0) is 12.1 Å². The van der Waals surface area contributed by atoms with Crippen molar-refractivity contribution in [2.45, 2.75) is 0 Å². The minimum absolute atomic E-state index is 0.343. The van der Waals surface area contributed by atoms with Crippen LogP contribution in [0.5, 0.6) is 0 Å². The van der Waals surface area contributed by atoms with E-state index in [4.69, 9.17) is 0 Å². The normalized spacial score (nSPS) is 9.50. The summed E-state index contributed by atoms with van der Waals surface area (Å²) in [7, 11) is 2.40. The van der Waals surface area contributed by atoms with Crippen LogP contribution in [0.2, 0.25) is 0 Å². The summed E-state index contributed by atoms with van der Waals surface area (Å²) in [5.74, 6) is -1.26. The van der Waals surface area contributed by atoms with Crippen LogP contribution in [-0.4, -0.2) is 50.2 Å². The van der Waals surface area contributed by atoms with Gasteiger partial charge in [0.15, 0.2) is 0 Å². The molecule has 0 saturated carbocycles. The maximum absolute atomic E-state index is 12.0. The van der Waals surface area contributed by atoms with Crippen molar-refractivity contribution in [3.05, 3.63) is 30.3 Å². The average molecular weight is 280 g/mol. The number of nitrogens with zero attached hydrogens (tertiary/aromatic N) is 1. The van der Waals surface area contributed by atoms with Crippen molar-refractivity contribution in [2.75, 3.05) is 32.6 Å². The van der Waals surface area contributed by atoms with E-state index in [2.05, 4.69) is 14.8 Å². The molecule has 1 aromatic carbocycles. The third-order valence-corrected chi connectivity index (χ3v) is 2.41. The Balaban J connectivity index is 2.72. The number of urea groups is 1. The fraction of sp³-hybridized carbons (Fsp3) is 0.308. The lowest BCUT2D eigenvalue weighted by atomic mass is 10.3. The molecule has 7 nitrogen and oxygen atoms in total. The van der Waals surface area contributed by atoms with E-state index in [1.54, 1.807) is 30.3 Å². The molecular weight excluding hydrogens is 264 g/mol. The van der Waals surface area contributed by atoms with Crippen LogP contribution >= 0.6 is 0 Å². The standard InChI is InChI=1S/C13H16N2O5/c1-19-11(16)8-15(9-12(17)20-2)13(18)14-10-6-4-3-5-7-10/h3-7H,8-9H2,1-2H3,(H,14,18). The van der Waals surface area contributed by atoms with Gasteiger partial charge in [-0.15, -0.1) is 0 Å². The summed E-state index contributed by atoms with van der Waals surface area (Å²) in [6, 6.07) is 8.09. The van der Waals surface area contributed by atoms with Crippen LogP contribution in [0, 0.1) is 0 Å². The Morgan fingerprint density at radius 2 is 1.50 bits per heavy atom. The van der Waals surface area contributed by atoms with Crippen molar-refractivity contribution < 1.29 is 23.9 Å². The Morgan fingerprint density at radius 1 is 1.00 bits per heavy atom. The molecule has 0 heterocycles. The molecule has 0 fully saturated rings. The zero-order valence-corrected chi connectivity index (χ0v) is 11.3. The van der Waals surface area contributed by atoms with Crippen molar-refractivity contribution in [3.8, 4) is 0 Å². The van der Waals surface area contributed by atoms with Crippen LogP contribution in [-0.2, 0) is 19.1 Å². The highest BCUT2D eigenvalue weighted by molar-refractivity contribution is 5.93. The highest BCUT2D eigenvalue weighted by atomic mass is 16.5. The molecule has 0 unspecified atom stereocenters. The number of esters is 2. The first-order valence-electron chi connectivity index (χ1n) is 5.81. The number of carbonyl (C=O) groups excluding carboxylic acids is 3. The number of benzene rings is 1. The van der Waals surface area contributed by atoms with Gasteiger partial charge in [-0.3, -0.25) is 9.59 Å². The quantitative estimate of drug-likeness (QED) is 0.809. The largest absolute Gasteiger partial charge is 0.468 e. The Labute approximate surface area is 116 Å². The van der Waals surface area contributed by atoms with Gasteiger partial charge in [-0.25, -0.2) is 4.79 Å². The third kappa shape index (κ3) is 4.97. The van der Waals surface area contributed by atoms with E-state index >= 15 is 0 Å². The first-order valence-corrected chi connectivity index (χ1v) is 5.81. The first kappa shape index (κ1) is 15.5. The summed E-state index contributed by atoms with van der Waals surface area (Å²) < 4.78 is 8.97. The number of carbonyl (C=O) groups is 3. The average Bonchev–Trinajstić information content (AvgIpc) is 2.47. The lowest BCUT2D eigenvalue weighted by Crippen LogP contribution is -2.42. The number of methoxy groups -OCH3 is 2. The summed E-state index contributed by atoms with van der Waals surface area (Å²) in [5.41, 5.74) is 0.553. The fourth-order valence-corrected chi connectivity index (χ4v) is 1.36. The molecule has 0 spiro atoms. The van der Waals surface area contributed by atoms with Gasteiger partial charge >= 0.3 is 18.0 Å². The van der Waals surface area contributed by atoms with E-state index in [-0.39, 0.29) is 13.1 Å². The van der Waals surface area contributed by atoms with E-state index in [1.165, 1.54) is 14.2 Å². The van der Waals surface area contributed by atoms with Gasteiger partial charge in [-0.1, -0.05) is 18.2 Å². The monoisotopic (exact) mass is 280 g/mol. The molecular formula is C13H16N2O5. The molecule has 108 valence electrons. The van der Waals surface area contributed by atoms with E-state index in [0.29, 0.717) is 5.69 Å². The maximum atomic E-state index is 12.0. The van der Waals surface area contributed by atoms with E-state index in [0.717, 1.165) is 4.90 Å². The molecule has 0 saturated heterocycles. The first-order chi connectivity index (χ1) is 9.56. The third-order valence-electron chi connectivity index (χ3n) is 2.41. The Bertz CT molecular complexity index is 457. The van der Waals surface area contributed by atoms with Gasteiger partial charge in [-0.2, -0.15) is 0 Å². The Kier molecular flexibility index (Phi) is 6.02. The number of para-hydroxylation sites is 1. The minimum atomic E-state index is -0.628. The van der Waals surface area contributed by atoms with Gasteiger partial charge in [0.1, 0.15) is 13.1 Å². The molecule has 0 aliphatic heterocycles. The summed E-state index contributed by atoms with van der Waals surface area (Å²) in [5, 5.41) is 2.57. The molecule has 20 heavy (non-hydrogen) atoms. The smallest absolute Gasteiger partial charge is 0.325 e. The second kappa shape index (κ2) is 7.78. The van der Waals surface area contributed by atoms with Crippen molar-refractivity contribution in [3.63, 3.8) is 0 Å². The SMILES string of the molecule is COC(=O)CN(CC(=O)OC)C(=O)Nc1ccccc1. The van der Waals surface area contributed by atoms with Crippen molar-refractivity contribution in [1.82, 2.24) is 4.90 Å². The van der Waals surface area contributed by atoms with Crippen LogP contribution in [0.4, 0.5) is 10.5 Å². The van der Waals surface area contributed by atoms with Crippen LogP contribution in [0.25, 0.3) is 0 Å². The molecule has 1 aromatic rings. The molecule has 0 bridgehead atoms. The topological polar surface area (TPSA) is 84.9 Å². The van der Waals surface area contributed by atoms with Crippen molar-refractivity contribution in [1.29, 1.82) is 0 Å². The summed E-state index contributed by atoms with van der Waals surface area (Å²) >= 11 is 0. The van der Waals surface area contributed by atoms with E-state index < -0.39 is 18.0 Å².